The Hall–Kier alpha value is -3.64. The number of fused-ring (bicyclic) bond motifs is 1. The number of hydrogen-bond donors (Lipinski definition) is 1. The van der Waals surface area contributed by atoms with Crippen molar-refractivity contribution >= 4 is 34.4 Å². The van der Waals surface area contributed by atoms with Crippen LogP contribution in [-0.2, 0) is 4.79 Å². The van der Waals surface area contributed by atoms with Gasteiger partial charge in [0.15, 0.2) is 5.65 Å². The predicted octanol–water partition coefficient (Wildman–Crippen LogP) is 4.40. The molecule has 0 radical (unpaired) electrons. The van der Waals surface area contributed by atoms with Gasteiger partial charge in [-0.25, -0.2) is 14.6 Å². The van der Waals surface area contributed by atoms with Crippen LogP contribution in [0.2, 0.25) is 5.02 Å². The Morgan fingerprint density at radius 3 is 2.80 bits per heavy atom. The lowest BCUT2D eigenvalue weighted by Crippen LogP contribution is -2.41. The molecule has 2 N–H and O–H groups in total. The lowest BCUT2D eigenvalue weighted by Gasteiger charge is -2.33. The van der Waals surface area contributed by atoms with E-state index in [1.165, 1.54) is 6.33 Å². The van der Waals surface area contributed by atoms with Crippen LogP contribution >= 0.6 is 11.6 Å². The van der Waals surface area contributed by atoms with Gasteiger partial charge in [0.05, 0.1) is 23.6 Å². The Labute approximate surface area is 209 Å². The van der Waals surface area contributed by atoms with Gasteiger partial charge in [-0.3, -0.25) is 4.79 Å². The third-order valence-electron chi connectivity index (χ3n) is 5.90. The van der Waals surface area contributed by atoms with Crippen LogP contribution in [0.4, 0.5) is 5.82 Å². The Balaban J connectivity index is 1.74. The Kier molecular flexibility index (Phi) is 6.68. The molecule has 1 atom stereocenters. The second-order valence-corrected chi connectivity index (χ2v) is 10.1. The van der Waals surface area contributed by atoms with Gasteiger partial charge in [-0.05, 0) is 30.4 Å². The summed E-state index contributed by atoms with van der Waals surface area (Å²) in [7, 11) is 1.55. The summed E-state index contributed by atoms with van der Waals surface area (Å²) in [6, 6.07) is 7.33. The van der Waals surface area contributed by atoms with Gasteiger partial charge in [0.2, 0.25) is 0 Å². The zero-order valence-corrected chi connectivity index (χ0v) is 21.0. The average Bonchev–Trinajstić information content (AvgIpc) is 3.23. The fourth-order valence-corrected chi connectivity index (χ4v) is 4.54. The molecule has 2 aromatic heterocycles. The molecule has 1 fully saturated rings. The number of nitrogens with two attached hydrogens (primary N) is 1. The van der Waals surface area contributed by atoms with Crippen LogP contribution < -0.4 is 10.5 Å². The van der Waals surface area contributed by atoms with Crippen molar-refractivity contribution in [2.75, 3.05) is 25.9 Å². The van der Waals surface area contributed by atoms with Gasteiger partial charge in [-0.2, -0.15) is 10.4 Å². The molecule has 1 aliphatic heterocycles. The SMILES string of the molecule is COc1cc(-c2nn(C3CCCN(C(=O)C(C#N)=CC(C)(C)C)C3)c3ncnc(N)c23)ccc1Cl. The van der Waals surface area contributed by atoms with Crippen LogP contribution in [0.15, 0.2) is 36.2 Å². The largest absolute Gasteiger partial charge is 0.495 e. The number of rotatable bonds is 4. The van der Waals surface area contributed by atoms with Gasteiger partial charge in [0, 0.05) is 18.7 Å². The van der Waals surface area contributed by atoms with Crippen LogP contribution in [0.1, 0.15) is 39.7 Å². The van der Waals surface area contributed by atoms with Crippen LogP contribution in [0.25, 0.3) is 22.3 Å². The maximum Gasteiger partial charge on any atom is 0.264 e. The zero-order valence-electron chi connectivity index (χ0n) is 20.2. The third kappa shape index (κ3) is 4.93. The Morgan fingerprint density at radius 2 is 2.11 bits per heavy atom. The highest BCUT2D eigenvalue weighted by molar-refractivity contribution is 6.32. The maximum atomic E-state index is 13.2. The Morgan fingerprint density at radius 1 is 1.34 bits per heavy atom. The number of carbonyl (C=O) groups is 1. The van der Waals surface area contributed by atoms with E-state index in [1.807, 2.05) is 31.5 Å². The molecule has 1 amide bonds. The summed E-state index contributed by atoms with van der Waals surface area (Å²) in [5, 5.41) is 15.6. The predicted molar refractivity (Wildman–Crippen MR) is 135 cm³/mol. The zero-order chi connectivity index (χ0) is 25.3. The normalized spacial score (nSPS) is 16.9. The van der Waals surface area contributed by atoms with Crippen LogP contribution in [0.3, 0.4) is 0 Å². The van der Waals surface area contributed by atoms with Gasteiger partial charge in [-0.15, -0.1) is 0 Å². The van der Waals surface area contributed by atoms with Gasteiger partial charge < -0.3 is 15.4 Å². The summed E-state index contributed by atoms with van der Waals surface area (Å²) in [5.74, 6) is 0.570. The topological polar surface area (TPSA) is 123 Å². The second kappa shape index (κ2) is 9.55. The molecule has 1 aromatic carbocycles. The average molecular weight is 494 g/mol. The second-order valence-electron chi connectivity index (χ2n) is 9.68. The van der Waals surface area contributed by atoms with Gasteiger partial charge in [-0.1, -0.05) is 44.5 Å². The molecule has 4 rings (SSSR count). The first-order valence-corrected chi connectivity index (χ1v) is 11.8. The number of aromatic nitrogens is 4. The first-order chi connectivity index (χ1) is 16.6. The third-order valence-corrected chi connectivity index (χ3v) is 6.21. The molecule has 1 saturated heterocycles. The van der Waals surface area contributed by atoms with Crippen LogP contribution in [0.5, 0.6) is 5.75 Å². The summed E-state index contributed by atoms with van der Waals surface area (Å²) in [6.07, 6.45) is 4.71. The van der Waals surface area contributed by atoms with Crippen LogP contribution in [-0.4, -0.2) is 50.8 Å². The van der Waals surface area contributed by atoms with Crippen molar-refractivity contribution in [2.24, 2.45) is 5.41 Å². The van der Waals surface area contributed by atoms with E-state index in [4.69, 9.17) is 27.2 Å². The van der Waals surface area contributed by atoms with E-state index in [2.05, 4.69) is 16.0 Å². The maximum absolute atomic E-state index is 13.2. The molecule has 182 valence electrons. The number of nitrogen functional groups attached to an aromatic ring is 1. The number of nitriles is 1. The first-order valence-electron chi connectivity index (χ1n) is 11.4. The molecular formula is C25H28ClN7O2. The van der Waals surface area contributed by atoms with Gasteiger partial charge >= 0.3 is 0 Å². The van der Waals surface area contributed by atoms with E-state index in [0.717, 1.165) is 18.4 Å². The van der Waals surface area contributed by atoms with Crippen molar-refractivity contribution in [3.63, 3.8) is 0 Å². The van der Waals surface area contributed by atoms with E-state index in [-0.39, 0.29) is 22.9 Å². The molecule has 1 unspecified atom stereocenters. The van der Waals surface area contributed by atoms with E-state index in [9.17, 15) is 10.1 Å². The minimum absolute atomic E-state index is 0.137. The molecule has 10 heteroatoms. The van der Waals surface area contributed by atoms with Crippen molar-refractivity contribution in [1.29, 1.82) is 5.26 Å². The van der Waals surface area contributed by atoms with E-state index in [1.54, 1.807) is 30.2 Å². The highest BCUT2D eigenvalue weighted by Gasteiger charge is 2.30. The number of benzene rings is 1. The number of anilines is 1. The molecule has 35 heavy (non-hydrogen) atoms. The van der Waals surface area contributed by atoms with Crippen molar-refractivity contribution in [1.82, 2.24) is 24.6 Å². The standard InChI is InChI=1S/C25H28ClN7O2/c1-25(2,3)11-16(12-27)24(34)32-9-5-6-17(13-32)33-23-20(22(28)29-14-30-23)21(31-33)15-7-8-18(26)19(10-15)35-4/h7-8,10-11,14,17H,5-6,9,13H2,1-4H3,(H2,28,29,30). The molecule has 9 nitrogen and oxygen atoms in total. The lowest BCUT2D eigenvalue weighted by molar-refractivity contribution is -0.128. The number of hydrogen-bond acceptors (Lipinski definition) is 7. The van der Waals surface area contributed by atoms with Crippen molar-refractivity contribution < 1.29 is 9.53 Å². The summed E-state index contributed by atoms with van der Waals surface area (Å²) in [5.41, 5.74) is 8.10. The number of carbonyl (C=O) groups excluding carboxylic acids is 1. The van der Waals surface area contributed by atoms with E-state index < -0.39 is 0 Å². The minimum atomic E-state index is -0.281. The van der Waals surface area contributed by atoms with Gasteiger partial charge in [0.1, 0.15) is 35.2 Å². The highest BCUT2D eigenvalue weighted by Crippen LogP contribution is 2.37. The molecule has 1 aliphatic rings. The number of allylic oxidation sites excluding steroid dienone is 1. The first kappa shape index (κ1) is 24.5. The Bertz CT molecular complexity index is 1350. The number of likely N-dealkylation sites (tertiary alicyclic amines) is 1. The van der Waals surface area contributed by atoms with Crippen molar-refractivity contribution in [3.8, 4) is 23.1 Å². The molecular weight excluding hydrogens is 466 g/mol. The number of amides is 1. The summed E-state index contributed by atoms with van der Waals surface area (Å²) < 4.78 is 7.20. The fourth-order valence-electron chi connectivity index (χ4n) is 4.34. The number of ether oxygens (including phenoxy) is 1. The lowest BCUT2D eigenvalue weighted by atomic mass is 9.93. The monoisotopic (exact) mass is 493 g/mol. The van der Waals surface area contributed by atoms with Crippen molar-refractivity contribution in [2.45, 2.75) is 39.7 Å². The number of halogens is 1. The molecule has 0 spiro atoms. The molecule has 0 aliphatic carbocycles. The van der Waals surface area contributed by atoms with Crippen LogP contribution in [0, 0.1) is 16.7 Å². The number of nitrogens with zero attached hydrogens (tertiary/aromatic N) is 6. The molecule has 0 bridgehead atoms. The quantitative estimate of drug-likeness (QED) is 0.422. The molecule has 0 saturated carbocycles. The van der Waals surface area contributed by atoms with E-state index >= 15 is 0 Å². The smallest absolute Gasteiger partial charge is 0.264 e. The van der Waals surface area contributed by atoms with E-state index in [0.29, 0.717) is 46.4 Å². The van der Waals surface area contributed by atoms with Crippen molar-refractivity contribution in [3.05, 3.63) is 41.2 Å². The summed E-state index contributed by atoms with van der Waals surface area (Å²) >= 11 is 6.22. The molecule has 3 heterocycles. The number of methoxy groups -OCH3 is 1. The fraction of sp³-hybridized carbons (Fsp3) is 0.400. The number of piperidine rings is 1. The van der Waals surface area contributed by atoms with Gasteiger partial charge in [0.25, 0.3) is 5.91 Å². The summed E-state index contributed by atoms with van der Waals surface area (Å²) in [4.78, 5) is 23.5. The minimum Gasteiger partial charge on any atom is -0.495 e. The summed E-state index contributed by atoms with van der Waals surface area (Å²) in [6.45, 7) is 6.87. The molecule has 3 aromatic rings. The highest BCUT2D eigenvalue weighted by atomic mass is 35.5.